The number of phenols is 1. The lowest BCUT2D eigenvalue weighted by Gasteiger charge is -2.23. The van der Waals surface area contributed by atoms with Gasteiger partial charge in [0.1, 0.15) is 17.4 Å². The van der Waals surface area contributed by atoms with Crippen LogP contribution in [0.25, 0.3) is 0 Å². The molecular formula is C19H28N2O6. The number of benzene rings is 1. The standard InChI is InChI=1S/C19H28N2O6/c1-19(2,3)27-18(26)21-15(12-13-7-9-14(22)10-8-13)17(25)20-11-5-4-6-16(23)24/h7-10,15,22H,4-6,11-12H2,1-3H3,(H,20,25)(H,21,26)(H,23,24)/t15-/m0/s1. The Bertz CT molecular complexity index is 637. The number of aliphatic carboxylic acids is 1. The number of carbonyl (C=O) groups is 3. The second-order valence-corrected chi connectivity index (χ2v) is 7.21. The molecule has 0 aliphatic rings. The van der Waals surface area contributed by atoms with Crippen molar-refractivity contribution in [2.24, 2.45) is 0 Å². The molecule has 150 valence electrons. The van der Waals surface area contributed by atoms with Gasteiger partial charge in [0.25, 0.3) is 0 Å². The van der Waals surface area contributed by atoms with Crippen molar-refractivity contribution in [2.45, 2.75) is 58.1 Å². The summed E-state index contributed by atoms with van der Waals surface area (Å²) in [5.41, 5.74) is 0.0652. The lowest BCUT2D eigenvalue weighted by molar-refractivity contribution is -0.137. The van der Waals surface area contributed by atoms with E-state index in [0.717, 1.165) is 5.56 Å². The van der Waals surface area contributed by atoms with Crippen LogP contribution < -0.4 is 10.6 Å². The fourth-order valence-electron chi connectivity index (χ4n) is 2.26. The van der Waals surface area contributed by atoms with E-state index in [1.54, 1.807) is 32.9 Å². The maximum atomic E-state index is 12.5. The van der Waals surface area contributed by atoms with Gasteiger partial charge in [-0.1, -0.05) is 12.1 Å². The van der Waals surface area contributed by atoms with Gasteiger partial charge in [-0.05, 0) is 51.3 Å². The van der Waals surface area contributed by atoms with Crippen molar-refractivity contribution in [3.8, 4) is 5.75 Å². The Labute approximate surface area is 158 Å². The highest BCUT2D eigenvalue weighted by Gasteiger charge is 2.24. The van der Waals surface area contributed by atoms with Crippen LogP contribution >= 0.6 is 0 Å². The second-order valence-electron chi connectivity index (χ2n) is 7.21. The summed E-state index contributed by atoms with van der Waals surface area (Å²) in [5, 5.41) is 23.3. The lowest BCUT2D eigenvalue weighted by Crippen LogP contribution is -2.49. The average molecular weight is 380 g/mol. The first-order valence-electron chi connectivity index (χ1n) is 8.84. The van der Waals surface area contributed by atoms with Gasteiger partial charge >= 0.3 is 12.1 Å². The highest BCUT2D eigenvalue weighted by Crippen LogP contribution is 2.12. The van der Waals surface area contributed by atoms with Crippen molar-refractivity contribution in [3.63, 3.8) is 0 Å². The van der Waals surface area contributed by atoms with Gasteiger partial charge in [-0.3, -0.25) is 9.59 Å². The van der Waals surface area contributed by atoms with E-state index in [4.69, 9.17) is 9.84 Å². The molecule has 2 amide bonds. The number of unbranched alkanes of at least 4 members (excludes halogenated alkanes) is 1. The zero-order valence-corrected chi connectivity index (χ0v) is 15.9. The van der Waals surface area contributed by atoms with Crippen LogP contribution in [0.5, 0.6) is 5.75 Å². The number of carboxylic acid groups (broad SMARTS) is 1. The molecule has 0 saturated carbocycles. The molecule has 4 N–H and O–H groups in total. The molecule has 1 atom stereocenters. The van der Waals surface area contributed by atoms with Crippen molar-refractivity contribution in [2.75, 3.05) is 6.54 Å². The Morgan fingerprint density at radius 2 is 1.74 bits per heavy atom. The molecule has 8 heteroatoms. The van der Waals surface area contributed by atoms with Gasteiger partial charge in [-0.15, -0.1) is 0 Å². The van der Waals surface area contributed by atoms with Crippen LogP contribution in [-0.2, 0) is 20.7 Å². The molecule has 0 radical (unpaired) electrons. The van der Waals surface area contributed by atoms with E-state index in [0.29, 0.717) is 19.4 Å². The van der Waals surface area contributed by atoms with Gasteiger partial charge in [-0.2, -0.15) is 0 Å². The second kappa shape index (κ2) is 10.4. The van der Waals surface area contributed by atoms with E-state index in [1.807, 2.05) is 0 Å². The molecule has 27 heavy (non-hydrogen) atoms. The number of carbonyl (C=O) groups excluding carboxylic acids is 2. The van der Waals surface area contributed by atoms with Gasteiger partial charge in [0, 0.05) is 19.4 Å². The first-order valence-corrected chi connectivity index (χ1v) is 8.84. The number of carboxylic acids is 1. The molecule has 0 aliphatic carbocycles. The molecule has 0 aliphatic heterocycles. The topological polar surface area (TPSA) is 125 Å². The smallest absolute Gasteiger partial charge is 0.408 e. The molecule has 0 heterocycles. The van der Waals surface area contributed by atoms with Crippen LogP contribution in [0.1, 0.15) is 45.6 Å². The fraction of sp³-hybridized carbons (Fsp3) is 0.526. The molecule has 0 spiro atoms. The predicted octanol–water partition coefficient (Wildman–Crippen LogP) is 2.20. The first-order chi connectivity index (χ1) is 12.6. The SMILES string of the molecule is CC(C)(C)OC(=O)N[C@@H](Cc1ccc(O)cc1)C(=O)NCCCCC(=O)O. The Morgan fingerprint density at radius 1 is 1.11 bits per heavy atom. The Kier molecular flexibility index (Phi) is 8.58. The van der Waals surface area contributed by atoms with Crippen molar-refractivity contribution in [3.05, 3.63) is 29.8 Å². The lowest BCUT2D eigenvalue weighted by atomic mass is 10.0. The minimum absolute atomic E-state index is 0.0446. The van der Waals surface area contributed by atoms with E-state index >= 15 is 0 Å². The number of amides is 2. The molecule has 1 aromatic rings. The maximum absolute atomic E-state index is 12.5. The summed E-state index contributed by atoms with van der Waals surface area (Å²) < 4.78 is 5.21. The highest BCUT2D eigenvalue weighted by molar-refractivity contribution is 5.86. The number of phenolic OH excluding ortho intramolecular Hbond substituents is 1. The minimum Gasteiger partial charge on any atom is -0.508 e. The van der Waals surface area contributed by atoms with Crippen molar-refractivity contribution in [1.29, 1.82) is 0 Å². The van der Waals surface area contributed by atoms with Gasteiger partial charge in [-0.25, -0.2) is 4.79 Å². The van der Waals surface area contributed by atoms with E-state index in [-0.39, 0.29) is 24.5 Å². The van der Waals surface area contributed by atoms with Gasteiger partial charge in [0.2, 0.25) is 5.91 Å². The highest BCUT2D eigenvalue weighted by atomic mass is 16.6. The summed E-state index contributed by atoms with van der Waals surface area (Å²) in [7, 11) is 0. The third-order valence-electron chi connectivity index (χ3n) is 3.50. The van der Waals surface area contributed by atoms with E-state index < -0.39 is 23.7 Å². The molecule has 0 aromatic heterocycles. The molecule has 8 nitrogen and oxygen atoms in total. The maximum Gasteiger partial charge on any atom is 0.408 e. The Morgan fingerprint density at radius 3 is 2.30 bits per heavy atom. The van der Waals surface area contributed by atoms with Crippen LogP contribution in [0, 0.1) is 0 Å². The van der Waals surface area contributed by atoms with Gasteiger partial charge in [0.05, 0.1) is 0 Å². The molecule has 0 unspecified atom stereocenters. The molecule has 0 bridgehead atoms. The monoisotopic (exact) mass is 380 g/mol. The zero-order valence-electron chi connectivity index (χ0n) is 15.9. The Balaban J connectivity index is 2.67. The summed E-state index contributed by atoms with van der Waals surface area (Å²) in [6.07, 6.45) is 0.546. The quantitative estimate of drug-likeness (QED) is 0.487. The molecule has 0 fully saturated rings. The summed E-state index contributed by atoms with van der Waals surface area (Å²) >= 11 is 0. The first kappa shape index (κ1) is 22.3. The van der Waals surface area contributed by atoms with Gasteiger partial charge in [0.15, 0.2) is 0 Å². The molecule has 1 aromatic carbocycles. The van der Waals surface area contributed by atoms with Crippen LogP contribution in [-0.4, -0.2) is 46.4 Å². The van der Waals surface area contributed by atoms with Crippen molar-refractivity contribution >= 4 is 18.0 Å². The number of hydrogen-bond donors (Lipinski definition) is 4. The van der Waals surface area contributed by atoms with E-state index in [9.17, 15) is 19.5 Å². The molecular weight excluding hydrogens is 352 g/mol. The number of aromatic hydroxyl groups is 1. The normalized spacial score (nSPS) is 12.1. The number of alkyl carbamates (subject to hydrolysis) is 1. The molecule has 1 rings (SSSR count). The summed E-state index contributed by atoms with van der Waals surface area (Å²) in [5.74, 6) is -1.15. The van der Waals surface area contributed by atoms with Crippen LogP contribution in [0.15, 0.2) is 24.3 Å². The fourth-order valence-corrected chi connectivity index (χ4v) is 2.26. The predicted molar refractivity (Wildman–Crippen MR) is 99.5 cm³/mol. The average Bonchev–Trinajstić information content (AvgIpc) is 2.53. The third kappa shape index (κ3) is 10.1. The number of rotatable bonds is 9. The third-order valence-corrected chi connectivity index (χ3v) is 3.50. The number of nitrogens with one attached hydrogen (secondary N) is 2. The summed E-state index contributed by atoms with van der Waals surface area (Å²) in [6.45, 7) is 5.49. The zero-order chi connectivity index (χ0) is 20.4. The molecule has 0 saturated heterocycles. The largest absolute Gasteiger partial charge is 0.508 e. The van der Waals surface area contributed by atoms with Crippen molar-refractivity contribution < 1.29 is 29.3 Å². The minimum atomic E-state index is -0.877. The summed E-state index contributed by atoms with van der Waals surface area (Å²) in [6, 6.07) is 5.48. The van der Waals surface area contributed by atoms with E-state index in [1.165, 1.54) is 12.1 Å². The number of hydrogen-bond acceptors (Lipinski definition) is 5. The van der Waals surface area contributed by atoms with Crippen LogP contribution in [0.2, 0.25) is 0 Å². The van der Waals surface area contributed by atoms with Crippen LogP contribution in [0.4, 0.5) is 4.79 Å². The Hall–Kier alpha value is -2.77. The van der Waals surface area contributed by atoms with Crippen molar-refractivity contribution in [1.82, 2.24) is 10.6 Å². The van der Waals surface area contributed by atoms with Crippen LogP contribution in [0.3, 0.4) is 0 Å². The van der Waals surface area contributed by atoms with Gasteiger partial charge < -0.3 is 25.6 Å². The number of ether oxygens (including phenoxy) is 1. The summed E-state index contributed by atoms with van der Waals surface area (Å²) in [4.78, 5) is 35.0. The van der Waals surface area contributed by atoms with E-state index in [2.05, 4.69) is 10.6 Å².